The van der Waals surface area contributed by atoms with Crippen LogP contribution in [-0.2, 0) is 13.6 Å². The van der Waals surface area contributed by atoms with E-state index in [1.165, 1.54) is 5.69 Å². The smallest absolute Gasteiger partial charge is 0.194 e. The third kappa shape index (κ3) is 3.50. The van der Waals surface area contributed by atoms with Gasteiger partial charge in [-0.2, -0.15) is 0 Å². The second kappa shape index (κ2) is 7.33. The quantitative estimate of drug-likeness (QED) is 0.674. The Hall–Kier alpha value is -2.57. The van der Waals surface area contributed by atoms with Crippen LogP contribution in [0.4, 0.5) is 5.69 Å². The van der Waals surface area contributed by atoms with Gasteiger partial charge in [0.15, 0.2) is 11.8 Å². The van der Waals surface area contributed by atoms with E-state index in [0.717, 1.165) is 43.8 Å². The molecule has 1 aromatic heterocycles. The lowest BCUT2D eigenvalue weighted by Gasteiger charge is -2.37. The zero-order chi connectivity index (χ0) is 16.9. The van der Waals surface area contributed by atoms with E-state index in [4.69, 9.17) is 0 Å². The molecule has 0 unspecified atom stereocenters. The van der Waals surface area contributed by atoms with Crippen LogP contribution in [0.5, 0.6) is 0 Å². The molecular formula is C17H25N7. The van der Waals surface area contributed by atoms with Crippen molar-refractivity contribution in [1.29, 1.82) is 0 Å². The van der Waals surface area contributed by atoms with E-state index in [0.29, 0.717) is 6.54 Å². The summed E-state index contributed by atoms with van der Waals surface area (Å²) in [5, 5.41) is 11.7. The molecule has 0 atom stereocenters. The first-order valence-corrected chi connectivity index (χ1v) is 8.29. The zero-order valence-corrected chi connectivity index (χ0v) is 14.6. The molecule has 24 heavy (non-hydrogen) atoms. The fourth-order valence-corrected chi connectivity index (χ4v) is 2.91. The van der Waals surface area contributed by atoms with Crippen LogP contribution in [0.3, 0.4) is 0 Å². The summed E-state index contributed by atoms with van der Waals surface area (Å²) in [7, 11) is 3.81. The maximum Gasteiger partial charge on any atom is 0.194 e. The number of aryl methyl sites for hydroxylation is 1. The molecular weight excluding hydrogens is 302 g/mol. The molecule has 1 saturated heterocycles. The van der Waals surface area contributed by atoms with Gasteiger partial charge in [0, 0.05) is 46.0 Å². The first-order valence-electron chi connectivity index (χ1n) is 8.29. The number of guanidine groups is 1. The van der Waals surface area contributed by atoms with Gasteiger partial charge in [-0.1, -0.05) is 18.2 Å². The van der Waals surface area contributed by atoms with Gasteiger partial charge in [-0.3, -0.25) is 4.99 Å². The van der Waals surface area contributed by atoms with E-state index in [-0.39, 0.29) is 0 Å². The summed E-state index contributed by atoms with van der Waals surface area (Å²) >= 11 is 0. The van der Waals surface area contributed by atoms with Crippen molar-refractivity contribution in [2.45, 2.75) is 13.5 Å². The highest BCUT2D eigenvalue weighted by Crippen LogP contribution is 2.15. The molecule has 1 aromatic carbocycles. The van der Waals surface area contributed by atoms with E-state index in [1.54, 1.807) is 0 Å². The van der Waals surface area contributed by atoms with Crippen molar-refractivity contribution in [2.24, 2.45) is 12.0 Å². The molecule has 3 rings (SSSR count). The summed E-state index contributed by atoms with van der Waals surface area (Å²) < 4.78 is 1.99. The van der Waals surface area contributed by atoms with Crippen molar-refractivity contribution in [3.05, 3.63) is 42.0 Å². The first kappa shape index (κ1) is 16.3. The fraction of sp³-hybridized carbons (Fsp3) is 0.471. The van der Waals surface area contributed by atoms with Gasteiger partial charge in [0.25, 0.3) is 0 Å². The lowest BCUT2D eigenvalue weighted by molar-refractivity contribution is 0.372. The summed E-state index contributed by atoms with van der Waals surface area (Å²) in [5.41, 5.74) is 1.29. The number of nitrogens with one attached hydrogen (secondary N) is 1. The number of hydrogen-bond donors (Lipinski definition) is 1. The Bertz CT molecular complexity index is 684. The van der Waals surface area contributed by atoms with Crippen molar-refractivity contribution in [3.63, 3.8) is 0 Å². The van der Waals surface area contributed by atoms with Crippen LogP contribution in [0.2, 0.25) is 0 Å². The van der Waals surface area contributed by atoms with E-state index < -0.39 is 0 Å². The minimum atomic E-state index is 0.628. The van der Waals surface area contributed by atoms with Crippen molar-refractivity contribution in [3.8, 4) is 0 Å². The molecule has 0 spiro atoms. The molecule has 0 bridgehead atoms. The van der Waals surface area contributed by atoms with Crippen LogP contribution in [0, 0.1) is 6.92 Å². The average Bonchev–Trinajstić information content (AvgIpc) is 2.96. The molecule has 2 aromatic rings. The summed E-state index contributed by atoms with van der Waals surface area (Å²) in [6.07, 6.45) is 0. The van der Waals surface area contributed by atoms with Gasteiger partial charge in [0.2, 0.25) is 0 Å². The van der Waals surface area contributed by atoms with Crippen LogP contribution in [-0.4, -0.2) is 58.9 Å². The van der Waals surface area contributed by atoms with Gasteiger partial charge in [-0.25, -0.2) is 0 Å². The normalized spacial score (nSPS) is 15.7. The molecule has 7 nitrogen and oxygen atoms in total. The van der Waals surface area contributed by atoms with Crippen LogP contribution < -0.4 is 10.2 Å². The van der Waals surface area contributed by atoms with Gasteiger partial charge in [-0.05, 0) is 19.1 Å². The summed E-state index contributed by atoms with van der Waals surface area (Å²) in [5.74, 6) is 2.75. The monoisotopic (exact) mass is 327 g/mol. The molecule has 7 heteroatoms. The largest absolute Gasteiger partial charge is 0.368 e. The molecule has 0 saturated carbocycles. The lowest BCUT2D eigenvalue weighted by atomic mass is 10.2. The van der Waals surface area contributed by atoms with Crippen LogP contribution in [0.1, 0.15) is 11.6 Å². The number of aliphatic imine (C=N–C) groups is 1. The maximum atomic E-state index is 4.42. The van der Waals surface area contributed by atoms with E-state index in [9.17, 15) is 0 Å². The van der Waals surface area contributed by atoms with Gasteiger partial charge < -0.3 is 19.7 Å². The van der Waals surface area contributed by atoms with Gasteiger partial charge in [0.1, 0.15) is 5.82 Å². The predicted octanol–water partition coefficient (Wildman–Crippen LogP) is 1.02. The number of piperazine rings is 1. The van der Waals surface area contributed by atoms with Crippen molar-refractivity contribution >= 4 is 11.6 Å². The van der Waals surface area contributed by atoms with Crippen molar-refractivity contribution < 1.29 is 0 Å². The van der Waals surface area contributed by atoms with E-state index in [2.05, 4.69) is 60.6 Å². The molecule has 1 N–H and O–H groups in total. The number of benzene rings is 1. The Labute approximate surface area is 143 Å². The topological polar surface area (TPSA) is 61.6 Å². The second-order valence-corrected chi connectivity index (χ2v) is 5.93. The highest BCUT2D eigenvalue weighted by Gasteiger charge is 2.20. The first-order chi connectivity index (χ1) is 11.7. The van der Waals surface area contributed by atoms with Gasteiger partial charge >= 0.3 is 0 Å². The fourth-order valence-electron chi connectivity index (χ4n) is 2.91. The van der Waals surface area contributed by atoms with Crippen LogP contribution in [0.15, 0.2) is 35.3 Å². The molecule has 2 heterocycles. The Kier molecular flexibility index (Phi) is 4.98. The third-order valence-corrected chi connectivity index (χ3v) is 4.50. The van der Waals surface area contributed by atoms with E-state index >= 15 is 0 Å². The third-order valence-electron chi connectivity index (χ3n) is 4.50. The number of anilines is 1. The molecule has 1 aliphatic rings. The number of aromatic nitrogens is 3. The highest BCUT2D eigenvalue weighted by molar-refractivity contribution is 5.80. The summed E-state index contributed by atoms with van der Waals surface area (Å²) in [6, 6.07) is 10.6. The number of rotatable bonds is 3. The lowest BCUT2D eigenvalue weighted by Crippen LogP contribution is -2.52. The minimum absolute atomic E-state index is 0.628. The van der Waals surface area contributed by atoms with Crippen molar-refractivity contribution in [1.82, 2.24) is 25.0 Å². The predicted molar refractivity (Wildman–Crippen MR) is 96.2 cm³/mol. The number of para-hydroxylation sites is 1. The summed E-state index contributed by atoms with van der Waals surface area (Å²) in [4.78, 5) is 9.12. The van der Waals surface area contributed by atoms with Gasteiger partial charge in [0.05, 0.1) is 6.54 Å². The molecule has 0 amide bonds. The SMILES string of the molecule is CN=C(NCc1nnc(C)n1C)N1CCN(c2ccccc2)CC1. The maximum absolute atomic E-state index is 4.42. The Balaban J connectivity index is 1.55. The second-order valence-electron chi connectivity index (χ2n) is 5.93. The summed E-state index contributed by atoms with van der Waals surface area (Å²) in [6.45, 7) is 6.47. The van der Waals surface area contributed by atoms with Crippen molar-refractivity contribution in [2.75, 3.05) is 38.1 Å². The minimum Gasteiger partial charge on any atom is -0.368 e. The van der Waals surface area contributed by atoms with E-state index in [1.807, 2.05) is 25.6 Å². The standard InChI is InChI=1S/C17H25N7/c1-14-20-21-16(22(14)3)13-19-17(18-2)24-11-9-23(10-12-24)15-7-5-4-6-8-15/h4-8H,9-13H2,1-3H3,(H,18,19). The Morgan fingerprint density at radius 1 is 1.12 bits per heavy atom. The van der Waals surface area contributed by atoms with Crippen LogP contribution in [0.25, 0.3) is 0 Å². The molecule has 0 radical (unpaired) electrons. The Morgan fingerprint density at radius 2 is 1.83 bits per heavy atom. The average molecular weight is 327 g/mol. The van der Waals surface area contributed by atoms with Crippen LogP contribution >= 0.6 is 0 Å². The zero-order valence-electron chi connectivity index (χ0n) is 14.6. The van der Waals surface area contributed by atoms with Gasteiger partial charge in [-0.15, -0.1) is 10.2 Å². The molecule has 0 aliphatic carbocycles. The molecule has 1 aliphatic heterocycles. The molecule has 1 fully saturated rings. The highest BCUT2D eigenvalue weighted by atomic mass is 15.4. The molecule has 128 valence electrons. The number of hydrogen-bond acceptors (Lipinski definition) is 4. The number of nitrogens with zero attached hydrogens (tertiary/aromatic N) is 6. The Morgan fingerprint density at radius 3 is 2.42 bits per heavy atom.